The van der Waals surface area contributed by atoms with Gasteiger partial charge < -0.3 is 5.73 Å². The van der Waals surface area contributed by atoms with Gasteiger partial charge in [-0.3, -0.25) is 5.10 Å². The summed E-state index contributed by atoms with van der Waals surface area (Å²) in [5.74, 6) is 0. The molecule has 0 aliphatic heterocycles. The average molecular weight is 331 g/mol. The van der Waals surface area contributed by atoms with Crippen molar-refractivity contribution >= 4 is 16.7 Å². The Morgan fingerprint density at radius 1 is 0.917 bits per heavy atom. The van der Waals surface area contributed by atoms with Crippen LogP contribution >= 0.6 is 0 Å². The first-order valence-electron chi connectivity index (χ1n) is 9.82. The maximum Gasteiger partial charge on any atom is 0.117 e. The molecule has 0 aliphatic rings. The first-order chi connectivity index (χ1) is 11.7. The van der Waals surface area contributed by atoms with E-state index in [2.05, 4.69) is 28.4 Å². The van der Waals surface area contributed by atoms with Gasteiger partial charge in [-0.1, -0.05) is 76.3 Å². The number of benzene rings is 1. The Labute approximate surface area is 146 Å². The van der Waals surface area contributed by atoms with Crippen LogP contribution in [0, 0.1) is 6.92 Å². The Balaban J connectivity index is 1.59. The highest BCUT2D eigenvalue weighted by Crippen LogP contribution is 2.26. The number of aromatic amines is 1. The summed E-state index contributed by atoms with van der Waals surface area (Å²) in [4.78, 5) is 0. The molecule has 0 radical (unpaired) electrons. The number of nitrogens with two attached hydrogens (primary N) is 1. The van der Waals surface area contributed by atoms with Crippen molar-refractivity contribution in [1.29, 1.82) is 0 Å². The van der Waals surface area contributed by atoms with Crippen LogP contribution in [0.4, 0.5) is 5.69 Å². The third kappa shape index (κ3) is 5.50. The zero-order valence-corrected chi connectivity index (χ0v) is 15.5. The SMILES string of the molecule is CCCCCCCCCCCCCc1cc2[nH]nnc2c(C)c1N. The number of fused-ring (bicyclic) bond motifs is 1. The minimum absolute atomic E-state index is 0.892. The van der Waals surface area contributed by atoms with Crippen molar-refractivity contribution in [3.63, 3.8) is 0 Å². The highest BCUT2D eigenvalue weighted by atomic mass is 15.3. The van der Waals surface area contributed by atoms with Gasteiger partial charge in [-0.05, 0) is 31.4 Å². The van der Waals surface area contributed by atoms with Crippen LogP contribution in [0.15, 0.2) is 6.07 Å². The van der Waals surface area contributed by atoms with Crippen LogP contribution in [-0.2, 0) is 6.42 Å². The van der Waals surface area contributed by atoms with Crippen molar-refractivity contribution in [2.24, 2.45) is 0 Å². The fourth-order valence-electron chi connectivity index (χ4n) is 3.42. The molecule has 1 aromatic heterocycles. The zero-order valence-electron chi connectivity index (χ0n) is 15.5. The first kappa shape index (κ1) is 18.8. The third-order valence-corrected chi connectivity index (χ3v) is 5.05. The number of nitrogens with zero attached hydrogens (tertiary/aromatic N) is 2. The second-order valence-corrected chi connectivity index (χ2v) is 7.07. The van der Waals surface area contributed by atoms with Crippen molar-refractivity contribution in [3.05, 3.63) is 17.2 Å². The summed E-state index contributed by atoms with van der Waals surface area (Å²) in [5, 5.41) is 10.9. The molecule has 0 saturated heterocycles. The standard InChI is InChI=1S/C20H34N4/c1-3-4-5-6-7-8-9-10-11-12-13-14-17-15-18-20(23-24-22-18)16(2)19(17)21/h15H,3-14,21H2,1-2H3,(H,22,23,24). The van der Waals surface area contributed by atoms with Gasteiger partial charge >= 0.3 is 0 Å². The number of nitrogens with one attached hydrogen (secondary N) is 1. The van der Waals surface area contributed by atoms with Crippen molar-refractivity contribution in [3.8, 4) is 0 Å². The molecule has 0 unspecified atom stereocenters. The summed E-state index contributed by atoms with van der Waals surface area (Å²) in [6.07, 6.45) is 16.1. The molecule has 0 fully saturated rings. The molecule has 4 nitrogen and oxygen atoms in total. The molecule has 1 heterocycles. The van der Waals surface area contributed by atoms with Crippen LogP contribution < -0.4 is 5.73 Å². The lowest BCUT2D eigenvalue weighted by atomic mass is 10.00. The van der Waals surface area contributed by atoms with Crippen LogP contribution in [0.3, 0.4) is 0 Å². The van der Waals surface area contributed by atoms with Crippen LogP contribution in [0.2, 0.25) is 0 Å². The molecule has 1 aromatic carbocycles. The Hall–Kier alpha value is -1.58. The topological polar surface area (TPSA) is 67.6 Å². The predicted octanol–water partition coefficient (Wildman–Crippen LogP) is 5.70. The van der Waals surface area contributed by atoms with Gasteiger partial charge in [-0.2, -0.15) is 0 Å². The number of hydrogen-bond acceptors (Lipinski definition) is 3. The lowest BCUT2D eigenvalue weighted by Gasteiger charge is -2.09. The Kier molecular flexibility index (Phi) is 8.06. The summed E-state index contributed by atoms with van der Waals surface area (Å²) in [7, 11) is 0. The molecule has 24 heavy (non-hydrogen) atoms. The summed E-state index contributed by atoms with van der Waals surface area (Å²) < 4.78 is 0. The van der Waals surface area contributed by atoms with Crippen LogP contribution in [0.25, 0.3) is 11.0 Å². The normalized spacial score (nSPS) is 11.4. The number of hydrogen-bond donors (Lipinski definition) is 2. The Morgan fingerprint density at radius 3 is 2.12 bits per heavy atom. The molecule has 0 saturated carbocycles. The first-order valence-corrected chi connectivity index (χ1v) is 9.82. The van der Waals surface area contributed by atoms with Gasteiger partial charge in [0.2, 0.25) is 0 Å². The number of nitrogen functional groups attached to an aromatic ring is 1. The molecule has 0 amide bonds. The van der Waals surface area contributed by atoms with E-state index in [-0.39, 0.29) is 0 Å². The van der Waals surface area contributed by atoms with E-state index in [9.17, 15) is 0 Å². The third-order valence-electron chi connectivity index (χ3n) is 5.05. The fourth-order valence-corrected chi connectivity index (χ4v) is 3.42. The van der Waals surface area contributed by atoms with Crippen LogP contribution in [0.5, 0.6) is 0 Å². The van der Waals surface area contributed by atoms with E-state index in [4.69, 9.17) is 5.73 Å². The van der Waals surface area contributed by atoms with Gasteiger partial charge in [0.1, 0.15) is 5.52 Å². The number of aromatic nitrogens is 3. The number of rotatable bonds is 12. The lowest BCUT2D eigenvalue weighted by Crippen LogP contribution is -1.99. The number of H-pyrrole nitrogens is 1. The molecule has 0 atom stereocenters. The van der Waals surface area contributed by atoms with E-state index in [1.807, 2.05) is 6.92 Å². The maximum absolute atomic E-state index is 6.26. The van der Waals surface area contributed by atoms with E-state index < -0.39 is 0 Å². The Bertz CT molecular complexity index is 603. The molecule has 0 spiro atoms. The maximum atomic E-state index is 6.26. The van der Waals surface area contributed by atoms with Crippen LogP contribution in [0.1, 0.15) is 88.7 Å². The highest BCUT2D eigenvalue weighted by molar-refractivity contribution is 5.84. The molecule has 4 heteroatoms. The predicted molar refractivity (Wildman–Crippen MR) is 103 cm³/mol. The Morgan fingerprint density at radius 2 is 1.50 bits per heavy atom. The molecule has 3 N–H and O–H groups in total. The monoisotopic (exact) mass is 330 g/mol. The van der Waals surface area contributed by atoms with Crippen molar-refractivity contribution < 1.29 is 0 Å². The highest BCUT2D eigenvalue weighted by Gasteiger charge is 2.10. The summed E-state index contributed by atoms with van der Waals surface area (Å²) >= 11 is 0. The van der Waals surface area contributed by atoms with Crippen LogP contribution in [-0.4, -0.2) is 15.4 Å². The van der Waals surface area contributed by atoms with Gasteiger partial charge in [-0.25, -0.2) is 0 Å². The van der Waals surface area contributed by atoms with Crippen molar-refractivity contribution in [1.82, 2.24) is 15.4 Å². The minimum atomic E-state index is 0.892. The molecule has 134 valence electrons. The van der Waals surface area contributed by atoms with E-state index in [1.54, 1.807) is 0 Å². The van der Waals surface area contributed by atoms with Gasteiger partial charge in [0.15, 0.2) is 0 Å². The minimum Gasteiger partial charge on any atom is -0.398 e. The smallest absolute Gasteiger partial charge is 0.117 e. The average Bonchev–Trinajstić information content (AvgIpc) is 3.05. The number of aryl methyl sites for hydroxylation is 2. The molecule has 2 aromatic rings. The molecule has 0 aliphatic carbocycles. The second kappa shape index (κ2) is 10.3. The molecule has 0 bridgehead atoms. The summed E-state index contributed by atoms with van der Waals surface area (Å²) in [5.41, 5.74) is 11.3. The largest absolute Gasteiger partial charge is 0.398 e. The quantitative estimate of drug-likeness (QED) is 0.387. The second-order valence-electron chi connectivity index (χ2n) is 7.07. The molecule has 2 rings (SSSR count). The van der Waals surface area contributed by atoms with Gasteiger partial charge in [0, 0.05) is 11.3 Å². The molecular formula is C20H34N4. The zero-order chi connectivity index (χ0) is 17.2. The lowest BCUT2D eigenvalue weighted by molar-refractivity contribution is 0.549. The van der Waals surface area contributed by atoms with E-state index in [0.29, 0.717) is 0 Å². The number of anilines is 1. The van der Waals surface area contributed by atoms with E-state index in [1.165, 1.54) is 76.2 Å². The molecular weight excluding hydrogens is 296 g/mol. The van der Waals surface area contributed by atoms with Gasteiger partial charge in [0.05, 0.1) is 5.52 Å². The van der Waals surface area contributed by atoms with Gasteiger partial charge in [0.25, 0.3) is 0 Å². The summed E-state index contributed by atoms with van der Waals surface area (Å²) in [6, 6.07) is 2.12. The fraction of sp³-hybridized carbons (Fsp3) is 0.700. The van der Waals surface area contributed by atoms with Crippen molar-refractivity contribution in [2.75, 3.05) is 5.73 Å². The van der Waals surface area contributed by atoms with Crippen molar-refractivity contribution in [2.45, 2.75) is 90.9 Å². The van der Waals surface area contributed by atoms with E-state index >= 15 is 0 Å². The number of unbranched alkanes of at least 4 members (excludes halogenated alkanes) is 10. The summed E-state index contributed by atoms with van der Waals surface area (Å²) in [6.45, 7) is 4.31. The van der Waals surface area contributed by atoms with Gasteiger partial charge in [-0.15, -0.1) is 5.10 Å². The van der Waals surface area contributed by atoms with E-state index in [0.717, 1.165) is 28.7 Å².